The number of rotatable bonds is 2. The summed E-state index contributed by atoms with van der Waals surface area (Å²) in [5.74, 6) is 0. The van der Waals surface area contributed by atoms with Crippen LogP contribution in [0.5, 0.6) is 0 Å². The monoisotopic (exact) mass is 287 g/mol. The summed E-state index contributed by atoms with van der Waals surface area (Å²) < 4.78 is 0. The summed E-state index contributed by atoms with van der Waals surface area (Å²) in [7, 11) is 0. The minimum atomic E-state index is -0.172. The molecule has 2 N–H and O–H groups in total. The predicted octanol–water partition coefficient (Wildman–Crippen LogP) is 4.08. The lowest BCUT2D eigenvalue weighted by Crippen LogP contribution is -2.43. The molecule has 2 aliphatic rings. The highest BCUT2D eigenvalue weighted by Crippen LogP contribution is 2.41. The van der Waals surface area contributed by atoms with E-state index in [0.29, 0.717) is 6.04 Å². The van der Waals surface area contributed by atoms with Crippen LogP contribution in [0.15, 0.2) is 24.3 Å². The Morgan fingerprint density at radius 2 is 1.81 bits per heavy atom. The molecule has 1 saturated carbocycles. The van der Waals surface area contributed by atoms with Crippen molar-refractivity contribution in [2.75, 3.05) is 0 Å². The lowest BCUT2D eigenvalue weighted by Gasteiger charge is -2.39. The number of benzene rings is 1. The van der Waals surface area contributed by atoms with Crippen LogP contribution in [0.1, 0.15) is 76.0 Å². The molecule has 0 amide bonds. The Morgan fingerprint density at radius 1 is 1.05 bits per heavy atom. The van der Waals surface area contributed by atoms with Crippen LogP contribution in [0.2, 0.25) is 0 Å². The molecule has 3 atom stereocenters. The molecule has 2 aliphatic carbocycles. The summed E-state index contributed by atoms with van der Waals surface area (Å²) in [5, 5.41) is 14.2. The maximum Gasteiger partial charge on any atom is 0.0693 e. The van der Waals surface area contributed by atoms with Crippen molar-refractivity contribution in [2.45, 2.75) is 82.4 Å². The topological polar surface area (TPSA) is 32.3 Å². The summed E-state index contributed by atoms with van der Waals surface area (Å²) in [4.78, 5) is 0. The first-order valence-electron chi connectivity index (χ1n) is 8.61. The minimum Gasteiger partial charge on any atom is -0.392 e. The van der Waals surface area contributed by atoms with Crippen LogP contribution in [0.4, 0.5) is 0 Å². The molecule has 0 heterocycles. The molecule has 1 aromatic rings. The molecule has 0 aromatic heterocycles. The lowest BCUT2D eigenvalue weighted by molar-refractivity contribution is 0.110. The van der Waals surface area contributed by atoms with Crippen LogP contribution >= 0.6 is 0 Å². The van der Waals surface area contributed by atoms with Crippen LogP contribution in [-0.4, -0.2) is 17.3 Å². The van der Waals surface area contributed by atoms with Gasteiger partial charge in [0.15, 0.2) is 0 Å². The van der Waals surface area contributed by atoms with E-state index in [1.165, 1.54) is 43.2 Å². The maximum absolute atomic E-state index is 10.4. The van der Waals surface area contributed by atoms with Crippen molar-refractivity contribution < 1.29 is 5.11 Å². The van der Waals surface area contributed by atoms with E-state index in [4.69, 9.17) is 0 Å². The number of aliphatic hydroxyl groups excluding tert-OH is 1. The van der Waals surface area contributed by atoms with Gasteiger partial charge in [-0.2, -0.15) is 0 Å². The molecule has 0 spiro atoms. The van der Waals surface area contributed by atoms with Crippen LogP contribution in [0, 0.1) is 0 Å². The molecule has 21 heavy (non-hydrogen) atoms. The maximum atomic E-state index is 10.4. The average Bonchev–Trinajstić information content (AvgIpc) is 2.67. The molecule has 0 saturated heterocycles. The summed E-state index contributed by atoms with van der Waals surface area (Å²) in [5.41, 5.74) is 3.21. The Labute approximate surface area is 129 Å². The van der Waals surface area contributed by atoms with Gasteiger partial charge >= 0.3 is 0 Å². The second kappa shape index (κ2) is 6.10. The molecule has 1 aromatic carbocycles. The normalized spacial score (nSPS) is 32.2. The van der Waals surface area contributed by atoms with Gasteiger partial charge in [-0.15, -0.1) is 0 Å². The molecule has 3 unspecified atom stereocenters. The zero-order valence-electron chi connectivity index (χ0n) is 13.4. The Kier molecular flexibility index (Phi) is 4.37. The molecule has 116 valence electrons. The standard InChI is InChI=1S/C19H29NO/c1-19(2)13-12-16(14-8-6-7-9-15(14)19)20-17-10-4-3-5-11-18(17)21/h6-9,16-18,20-21H,3-5,10-13H2,1-2H3. The third kappa shape index (κ3) is 3.17. The number of hydrogen-bond acceptors (Lipinski definition) is 2. The second-order valence-corrected chi connectivity index (χ2v) is 7.54. The molecule has 0 radical (unpaired) electrons. The largest absolute Gasteiger partial charge is 0.392 e. The van der Waals surface area contributed by atoms with Gasteiger partial charge in [-0.05, 0) is 42.2 Å². The van der Waals surface area contributed by atoms with E-state index in [1.807, 2.05) is 0 Å². The van der Waals surface area contributed by atoms with Crippen molar-refractivity contribution in [3.63, 3.8) is 0 Å². The third-order valence-electron chi connectivity index (χ3n) is 5.52. The highest BCUT2D eigenvalue weighted by atomic mass is 16.3. The number of fused-ring (bicyclic) bond motifs is 1. The minimum absolute atomic E-state index is 0.172. The summed E-state index contributed by atoms with van der Waals surface area (Å²) in [6, 6.07) is 9.55. The summed E-state index contributed by atoms with van der Waals surface area (Å²) in [6.07, 6.45) is 7.97. The van der Waals surface area contributed by atoms with E-state index >= 15 is 0 Å². The van der Waals surface area contributed by atoms with Gasteiger partial charge in [-0.25, -0.2) is 0 Å². The molecule has 0 bridgehead atoms. The second-order valence-electron chi connectivity index (χ2n) is 7.54. The zero-order chi connectivity index (χ0) is 14.9. The first kappa shape index (κ1) is 15.1. The summed E-state index contributed by atoms with van der Waals surface area (Å²) in [6.45, 7) is 4.70. The molecular formula is C19H29NO. The van der Waals surface area contributed by atoms with Crippen molar-refractivity contribution in [3.05, 3.63) is 35.4 Å². The van der Waals surface area contributed by atoms with Crippen LogP contribution in [-0.2, 0) is 5.41 Å². The molecular weight excluding hydrogens is 258 g/mol. The van der Waals surface area contributed by atoms with Crippen molar-refractivity contribution in [2.24, 2.45) is 0 Å². The molecule has 0 aliphatic heterocycles. The van der Waals surface area contributed by atoms with Gasteiger partial charge in [0.1, 0.15) is 0 Å². The molecule has 1 fully saturated rings. The molecule has 2 nitrogen and oxygen atoms in total. The van der Waals surface area contributed by atoms with Gasteiger partial charge in [0.25, 0.3) is 0 Å². The smallest absolute Gasteiger partial charge is 0.0693 e. The number of nitrogens with one attached hydrogen (secondary N) is 1. The molecule has 2 heteroatoms. The molecule has 3 rings (SSSR count). The van der Waals surface area contributed by atoms with E-state index in [1.54, 1.807) is 0 Å². The van der Waals surface area contributed by atoms with Crippen molar-refractivity contribution in [1.82, 2.24) is 5.32 Å². The average molecular weight is 287 g/mol. The summed E-state index contributed by atoms with van der Waals surface area (Å²) >= 11 is 0. The van der Waals surface area contributed by atoms with E-state index in [9.17, 15) is 5.11 Å². The Hall–Kier alpha value is -0.860. The number of aliphatic hydroxyl groups is 1. The van der Waals surface area contributed by atoms with Gasteiger partial charge in [0.05, 0.1) is 6.10 Å². The quantitative estimate of drug-likeness (QED) is 0.803. The zero-order valence-corrected chi connectivity index (χ0v) is 13.4. The van der Waals surface area contributed by atoms with Crippen LogP contribution < -0.4 is 5.32 Å². The van der Waals surface area contributed by atoms with Crippen molar-refractivity contribution in [1.29, 1.82) is 0 Å². The predicted molar refractivity (Wildman–Crippen MR) is 87.5 cm³/mol. The van der Waals surface area contributed by atoms with Crippen LogP contribution in [0.25, 0.3) is 0 Å². The first-order chi connectivity index (χ1) is 10.1. The fraction of sp³-hybridized carbons (Fsp3) is 0.684. The van der Waals surface area contributed by atoms with E-state index in [2.05, 4.69) is 43.4 Å². The van der Waals surface area contributed by atoms with E-state index in [0.717, 1.165) is 12.8 Å². The van der Waals surface area contributed by atoms with Crippen LogP contribution in [0.3, 0.4) is 0 Å². The highest BCUT2D eigenvalue weighted by Gasteiger charge is 2.34. The van der Waals surface area contributed by atoms with Gasteiger partial charge in [-0.3, -0.25) is 0 Å². The lowest BCUT2D eigenvalue weighted by atomic mass is 9.71. The Bertz CT molecular complexity index is 482. The van der Waals surface area contributed by atoms with Crippen molar-refractivity contribution >= 4 is 0 Å². The van der Waals surface area contributed by atoms with E-state index in [-0.39, 0.29) is 17.6 Å². The van der Waals surface area contributed by atoms with Gasteiger partial charge in [0, 0.05) is 12.1 Å². The fourth-order valence-corrected chi connectivity index (χ4v) is 4.13. The first-order valence-corrected chi connectivity index (χ1v) is 8.61. The van der Waals surface area contributed by atoms with Gasteiger partial charge in [0.2, 0.25) is 0 Å². The SMILES string of the molecule is CC1(C)CCC(NC2CCCCCC2O)c2ccccc21. The fourth-order valence-electron chi connectivity index (χ4n) is 4.13. The van der Waals surface area contributed by atoms with E-state index < -0.39 is 0 Å². The number of hydrogen-bond donors (Lipinski definition) is 2. The highest BCUT2D eigenvalue weighted by molar-refractivity contribution is 5.38. The van der Waals surface area contributed by atoms with Gasteiger partial charge < -0.3 is 10.4 Å². The Balaban J connectivity index is 1.80. The Morgan fingerprint density at radius 3 is 2.67 bits per heavy atom. The van der Waals surface area contributed by atoms with Gasteiger partial charge in [-0.1, -0.05) is 57.4 Å². The third-order valence-corrected chi connectivity index (χ3v) is 5.52. The van der Waals surface area contributed by atoms with Crippen molar-refractivity contribution in [3.8, 4) is 0 Å².